The number of aromatic nitrogens is 2. The third kappa shape index (κ3) is 3.82. The molecule has 3 N–H and O–H groups in total. The minimum atomic E-state index is -0.346. The molecular formula is C14H23N5O. The van der Waals surface area contributed by atoms with E-state index in [1.165, 1.54) is 0 Å². The quantitative estimate of drug-likeness (QED) is 0.752. The molecule has 0 unspecified atom stereocenters. The monoisotopic (exact) mass is 277 g/mol. The average Bonchev–Trinajstić information content (AvgIpc) is 3.26. The summed E-state index contributed by atoms with van der Waals surface area (Å²) >= 11 is 0. The maximum atomic E-state index is 11.2. The highest BCUT2D eigenvalue weighted by Crippen LogP contribution is 2.39. The summed E-state index contributed by atoms with van der Waals surface area (Å²) in [6, 6.07) is 1.90. The Balaban J connectivity index is 2.24. The van der Waals surface area contributed by atoms with Crippen molar-refractivity contribution in [1.29, 1.82) is 0 Å². The Kier molecular flexibility index (Phi) is 4.76. The van der Waals surface area contributed by atoms with Gasteiger partial charge in [-0.3, -0.25) is 4.79 Å². The van der Waals surface area contributed by atoms with Gasteiger partial charge in [-0.1, -0.05) is 6.92 Å². The number of carbonyl (C=O) groups excluding carboxylic acids is 1. The van der Waals surface area contributed by atoms with Crippen molar-refractivity contribution in [2.24, 2.45) is 5.73 Å². The lowest BCUT2D eigenvalue weighted by Gasteiger charge is -2.21. The van der Waals surface area contributed by atoms with Crippen molar-refractivity contribution in [2.75, 3.05) is 29.9 Å². The fourth-order valence-corrected chi connectivity index (χ4v) is 2.03. The van der Waals surface area contributed by atoms with E-state index in [4.69, 9.17) is 5.73 Å². The number of nitrogens with one attached hydrogen (secondary N) is 1. The van der Waals surface area contributed by atoms with Gasteiger partial charge in [0.25, 0.3) is 0 Å². The molecule has 6 heteroatoms. The van der Waals surface area contributed by atoms with Gasteiger partial charge in [-0.15, -0.1) is 0 Å². The third-order valence-electron chi connectivity index (χ3n) is 3.28. The van der Waals surface area contributed by atoms with Crippen LogP contribution < -0.4 is 16.0 Å². The van der Waals surface area contributed by atoms with Gasteiger partial charge in [-0.2, -0.15) is 0 Å². The van der Waals surface area contributed by atoms with E-state index in [1.807, 2.05) is 17.9 Å². The summed E-state index contributed by atoms with van der Waals surface area (Å²) in [6.07, 6.45) is 3.34. The molecule has 0 aliphatic heterocycles. The molecule has 1 aliphatic carbocycles. The van der Waals surface area contributed by atoms with E-state index in [-0.39, 0.29) is 12.5 Å². The molecule has 6 nitrogen and oxygen atoms in total. The maximum absolute atomic E-state index is 11.2. The summed E-state index contributed by atoms with van der Waals surface area (Å²) < 4.78 is 0. The zero-order chi connectivity index (χ0) is 14.5. The van der Waals surface area contributed by atoms with Crippen LogP contribution in [0.2, 0.25) is 0 Å². The van der Waals surface area contributed by atoms with Crippen molar-refractivity contribution in [1.82, 2.24) is 9.97 Å². The van der Waals surface area contributed by atoms with Gasteiger partial charge in [0.2, 0.25) is 5.91 Å². The second kappa shape index (κ2) is 6.54. The van der Waals surface area contributed by atoms with Crippen LogP contribution in [-0.2, 0) is 4.79 Å². The minimum Gasteiger partial charge on any atom is -0.370 e. The Hall–Kier alpha value is -1.85. The van der Waals surface area contributed by atoms with Crippen LogP contribution in [0.25, 0.3) is 0 Å². The van der Waals surface area contributed by atoms with E-state index < -0.39 is 0 Å². The Labute approximate surface area is 119 Å². The molecule has 0 bridgehead atoms. The molecule has 1 aromatic heterocycles. The number of anilines is 2. The largest absolute Gasteiger partial charge is 0.370 e. The molecule has 0 radical (unpaired) electrons. The summed E-state index contributed by atoms with van der Waals surface area (Å²) in [7, 11) is 0. The first-order valence-electron chi connectivity index (χ1n) is 7.30. The van der Waals surface area contributed by atoms with Crippen LogP contribution in [0.1, 0.15) is 44.9 Å². The molecule has 0 atom stereocenters. The van der Waals surface area contributed by atoms with Gasteiger partial charge < -0.3 is 16.0 Å². The molecule has 0 saturated heterocycles. The maximum Gasteiger partial charge on any atom is 0.236 e. The molecular weight excluding hydrogens is 254 g/mol. The van der Waals surface area contributed by atoms with Crippen molar-refractivity contribution < 1.29 is 4.79 Å². The Morgan fingerprint density at radius 2 is 2.20 bits per heavy atom. The molecule has 1 aromatic rings. The summed E-state index contributed by atoms with van der Waals surface area (Å²) in [5.74, 6) is 2.62. The summed E-state index contributed by atoms with van der Waals surface area (Å²) in [5.41, 5.74) is 5.30. The van der Waals surface area contributed by atoms with Crippen molar-refractivity contribution in [3.63, 3.8) is 0 Å². The standard InChI is InChI=1S/C14H23N5O/c1-3-7-16-12-8-13(19(4-2)9-11(15)20)18-14(17-12)10-5-6-10/h8,10H,3-7,9H2,1-2H3,(H2,15,20)(H,16,17,18). The van der Waals surface area contributed by atoms with Crippen molar-refractivity contribution >= 4 is 17.5 Å². The molecule has 1 amide bonds. The SMILES string of the molecule is CCCNc1cc(N(CC)CC(N)=O)nc(C2CC2)n1. The Morgan fingerprint density at radius 3 is 2.75 bits per heavy atom. The van der Waals surface area contributed by atoms with Gasteiger partial charge in [-0.05, 0) is 26.2 Å². The molecule has 2 rings (SSSR count). The number of amides is 1. The van der Waals surface area contributed by atoms with E-state index in [1.54, 1.807) is 0 Å². The van der Waals surface area contributed by atoms with Crippen LogP contribution in [0.3, 0.4) is 0 Å². The van der Waals surface area contributed by atoms with E-state index in [0.29, 0.717) is 12.5 Å². The molecule has 20 heavy (non-hydrogen) atoms. The van der Waals surface area contributed by atoms with Crippen molar-refractivity contribution in [3.05, 3.63) is 11.9 Å². The number of hydrogen-bond acceptors (Lipinski definition) is 5. The zero-order valence-electron chi connectivity index (χ0n) is 12.2. The lowest BCUT2D eigenvalue weighted by Crippen LogP contribution is -2.34. The van der Waals surface area contributed by atoms with E-state index in [2.05, 4.69) is 22.2 Å². The minimum absolute atomic E-state index is 0.185. The first kappa shape index (κ1) is 14.6. The summed E-state index contributed by atoms with van der Waals surface area (Å²) in [6.45, 7) is 5.86. The summed E-state index contributed by atoms with van der Waals surface area (Å²) in [5, 5.41) is 3.30. The fourth-order valence-electron chi connectivity index (χ4n) is 2.03. The number of primary amides is 1. The van der Waals surface area contributed by atoms with Gasteiger partial charge in [0, 0.05) is 25.1 Å². The highest BCUT2D eigenvalue weighted by molar-refractivity contribution is 5.79. The number of rotatable bonds is 8. The van der Waals surface area contributed by atoms with Gasteiger partial charge in [0.15, 0.2) is 0 Å². The van der Waals surface area contributed by atoms with E-state index >= 15 is 0 Å². The van der Waals surface area contributed by atoms with Crippen LogP contribution >= 0.6 is 0 Å². The second-order valence-electron chi connectivity index (χ2n) is 5.15. The molecule has 0 spiro atoms. The normalized spacial score (nSPS) is 14.1. The van der Waals surface area contributed by atoms with Gasteiger partial charge in [-0.25, -0.2) is 9.97 Å². The number of carbonyl (C=O) groups is 1. The highest BCUT2D eigenvalue weighted by Gasteiger charge is 2.28. The van der Waals surface area contributed by atoms with Crippen LogP contribution in [-0.4, -0.2) is 35.5 Å². The lowest BCUT2D eigenvalue weighted by atomic mass is 10.3. The zero-order valence-corrected chi connectivity index (χ0v) is 12.2. The molecule has 1 fully saturated rings. The first-order chi connectivity index (χ1) is 9.63. The van der Waals surface area contributed by atoms with Crippen molar-refractivity contribution in [3.8, 4) is 0 Å². The number of hydrogen-bond donors (Lipinski definition) is 2. The lowest BCUT2D eigenvalue weighted by molar-refractivity contribution is -0.116. The molecule has 1 heterocycles. The predicted molar refractivity (Wildman–Crippen MR) is 79.9 cm³/mol. The Morgan fingerprint density at radius 1 is 1.45 bits per heavy atom. The van der Waals surface area contributed by atoms with Crippen molar-refractivity contribution in [2.45, 2.75) is 39.0 Å². The van der Waals surface area contributed by atoms with Crippen LogP contribution in [0.5, 0.6) is 0 Å². The molecule has 110 valence electrons. The smallest absolute Gasteiger partial charge is 0.236 e. The topological polar surface area (TPSA) is 84.1 Å². The van der Waals surface area contributed by atoms with Gasteiger partial charge in [0.1, 0.15) is 17.5 Å². The second-order valence-corrected chi connectivity index (χ2v) is 5.15. The molecule has 0 aromatic carbocycles. The fraction of sp³-hybridized carbons (Fsp3) is 0.643. The van der Waals surface area contributed by atoms with Crippen LogP contribution in [0.15, 0.2) is 6.07 Å². The number of nitrogens with two attached hydrogens (primary N) is 1. The number of nitrogens with zero attached hydrogens (tertiary/aromatic N) is 3. The van der Waals surface area contributed by atoms with Crippen LogP contribution in [0, 0.1) is 0 Å². The predicted octanol–water partition coefficient (Wildman–Crippen LogP) is 1.49. The number of likely N-dealkylation sites (N-methyl/N-ethyl adjacent to an activating group) is 1. The van der Waals surface area contributed by atoms with E-state index in [0.717, 1.165) is 43.3 Å². The average molecular weight is 277 g/mol. The first-order valence-corrected chi connectivity index (χ1v) is 7.30. The third-order valence-corrected chi connectivity index (χ3v) is 3.28. The molecule has 1 aliphatic rings. The Bertz CT molecular complexity index is 473. The van der Waals surface area contributed by atoms with Crippen LogP contribution in [0.4, 0.5) is 11.6 Å². The molecule has 1 saturated carbocycles. The van der Waals surface area contributed by atoms with Gasteiger partial charge in [0.05, 0.1) is 6.54 Å². The van der Waals surface area contributed by atoms with Gasteiger partial charge >= 0.3 is 0 Å². The summed E-state index contributed by atoms with van der Waals surface area (Å²) in [4.78, 5) is 22.2. The highest BCUT2D eigenvalue weighted by atomic mass is 16.1. The van der Waals surface area contributed by atoms with E-state index in [9.17, 15) is 4.79 Å².